The van der Waals surface area contributed by atoms with E-state index in [9.17, 15) is 0 Å². The molecular weight excluding hydrogens is 335 g/mol. The van der Waals surface area contributed by atoms with Crippen LogP contribution in [-0.2, 0) is 6.42 Å². The van der Waals surface area contributed by atoms with Crippen molar-refractivity contribution in [2.75, 3.05) is 16.8 Å². The fourth-order valence-electron chi connectivity index (χ4n) is 2.72. The van der Waals surface area contributed by atoms with Gasteiger partial charge in [-0.1, -0.05) is 47.0 Å². The first-order valence-electron chi connectivity index (χ1n) is 7.18. The fraction of sp³-hybridized carbons (Fsp3) is 0.235. The number of thiocarbonyl (C=S) groups is 1. The van der Waals surface area contributed by atoms with Crippen LogP contribution in [0.2, 0.25) is 10.0 Å². The van der Waals surface area contributed by atoms with Crippen LogP contribution in [0.1, 0.15) is 17.5 Å². The van der Waals surface area contributed by atoms with Crippen molar-refractivity contribution in [3.05, 3.63) is 57.6 Å². The van der Waals surface area contributed by atoms with Crippen LogP contribution in [0.15, 0.2) is 36.4 Å². The van der Waals surface area contributed by atoms with Crippen LogP contribution >= 0.6 is 35.4 Å². The van der Waals surface area contributed by atoms with Gasteiger partial charge in [-0.2, -0.15) is 0 Å². The maximum atomic E-state index is 6.22. The molecule has 0 atom stereocenters. The minimum absolute atomic E-state index is 0.493. The van der Waals surface area contributed by atoms with Gasteiger partial charge in [0.25, 0.3) is 0 Å². The lowest BCUT2D eigenvalue weighted by molar-refractivity contribution is 0.780. The summed E-state index contributed by atoms with van der Waals surface area (Å²) < 4.78 is 0. The molecule has 0 amide bonds. The van der Waals surface area contributed by atoms with E-state index >= 15 is 0 Å². The Hall–Kier alpha value is -1.29. The SMILES string of the molecule is Cc1ccc2c(c1)CCCN2C(=S)Nc1cccc(Cl)c1Cl. The number of aryl methyl sites for hydroxylation is 2. The highest BCUT2D eigenvalue weighted by Crippen LogP contribution is 2.32. The number of anilines is 2. The molecule has 0 aromatic heterocycles. The van der Waals surface area contributed by atoms with Gasteiger partial charge in [-0.25, -0.2) is 0 Å². The molecule has 114 valence electrons. The van der Waals surface area contributed by atoms with Gasteiger partial charge in [0.1, 0.15) is 0 Å². The second-order valence-corrected chi connectivity index (χ2v) is 6.59. The number of rotatable bonds is 1. The van der Waals surface area contributed by atoms with E-state index in [1.54, 1.807) is 6.07 Å². The van der Waals surface area contributed by atoms with Crippen molar-refractivity contribution in [2.45, 2.75) is 19.8 Å². The Morgan fingerprint density at radius 1 is 1.23 bits per heavy atom. The van der Waals surface area contributed by atoms with E-state index in [0.717, 1.165) is 25.1 Å². The zero-order valence-electron chi connectivity index (χ0n) is 12.2. The molecule has 5 heteroatoms. The van der Waals surface area contributed by atoms with Gasteiger partial charge in [0, 0.05) is 12.2 Å². The lowest BCUT2D eigenvalue weighted by atomic mass is 10.00. The van der Waals surface area contributed by atoms with Crippen molar-refractivity contribution in [3.8, 4) is 0 Å². The van der Waals surface area contributed by atoms with Crippen LogP contribution in [0.25, 0.3) is 0 Å². The van der Waals surface area contributed by atoms with Gasteiger partial charge < -0.3 is 10.2 Å². The molecule has 2 nitrogen and oxygen atoms in total. The van der Waals surface area contributed by atoms with Gasteiger partial charge in [0.15, 0.2) is 5.11 Å². The minimum atomic E-state index is 0.493. The van der Waals surface area contributed by atoms with Crippen molar-refractivity contribution in [2.24, 2.45) is 0 Å². The van der Waals surface area contributed by atoms with E-state index < -0.39 is 0 Å². The standard InChI is InChI=1S/C17H16Cl2N2S/c1-11-7-8-15-12(10-11)4-3-9-21(15)17(22)20-14-6-2-5-13(18)16(14)19/h2,5-8,10H,3-4,9H2,1H3,(H,20,22). The monoisotopic (exact) mass is 350 g/mol. The van der Waals surface area contributed by atoms with Gasteiger partial charge in [-0.3, -0.25) is 0 Å². The zero-order valence-corrected chi connectivity index (χ0v) is 14.5. The average Bonchev–Trinajstić information content (AvgIpc) is 2.51. The van der Waals surface area contributed by atoms with Gasteiger partial charge in [0.2, 0.25) is 0 Å². The first-order valence-corrected chi connectivity index (χ1v) is 8.35. The van der Waals surface area contributed by atoms with E-state index in [0.29, 0.717) is 15.2 Å². The van der Waals surface area contributed by atoms with Crippen molar-refractivity contribution < 1.29 is 0 Å². The van der Waals surface area contributed by atoms with E-state index in [1.165, 1.54) is 16.8 Å². The second kappa shape index (κ2) is 6.45. The number of halogens is 2. The predicted octanol–water partition coefficient (Wildman–Crippen LogP) is 5.45. The second-order valence-electron chi connectivity index (χ2n) is 5.42. The summed E-state index contributed by atoms with van der Waals surface area (Å²) in [6, 6.07) is 12.0. The Morgan fingerprint density at radius 3 is 2.86 bits per heavy atom. The Balaban J connectivity index is 1.86. The summed E-state index contributed by atoms with van der Waals surface area (Å²) in [6.45, 7) is 3.02. The number of nitrogens with one attached hydrogen (secondary N) is 1. The van der Waals surface area contributed by atoms with E-state index in [-0.39, 0.29) is 0 Å². The van der Waals surface area contributed by atoms with Gasteiger partial charge >= 0.3 is 0 Å². The Bertz CT molecular complexity index is 731. The Kier molecular flexibility index (Phi) is 4.57. The summed E-state index contributed by atoms with van der Waals surface area (Å²) in [4.78, 5) is 2.13. The van der Waals surface area contributed by atoms with E-state index in [4.69, 9.17) is 35.4 Å². The zero-order chi connectivity index (χ0) is 15.7. The van der Waals surface area contributed by atoms with Gasteiger partial charge in [-0.15, -0.1) is 0 Å². The molecule has 2 aromatic rings. The van der Waals surface area contributed by atoms with E-state index in [1.807, 2.05) is 12.1 Å². The topological polar surface area (TPSA) is 15.3 Å². The maximum Gasteiger partial charge on any atom is 0.177 e. The lowest BCUT2D eigenvalue weighted by Gasteiger charge is -2.32. The highest BCUT2D eigenvalue weighted by Gasteiger charge is 2.20. The molecule has 0 bridgehead atoms. The highest BCUT2D eigenvalue weighted by molar-refractivity contribution is 7.80. The highest BCUT2D eigenvalue weighted by atomic mass is 35.5. The molecule has 0 unspecified atom stereocenters. The molecule has 0 radical (unpaired) electrons. The molecule has 2 aromatic carbocycles. The summed E-state index contributed by atoms with van der Waals surface area (Å²) >= 11 is 17.9. The molecule has 0 saturated heterocycles. The molecule has 0 fully saturated rings. The molecule has 22 heavy (non-hydrogen) atoms. The third-order valence-electron chi connectivity index (χ3n) is 3.79. The summed E-state index contributed by atoms with van der Waals surface area (Å²) in [5, 5.41) is 4.88. The molecule has 1 heterocycles. The van der Waals surface area contributed by atoms with Crippen LogP contribution in [-0.4, -0.2) is 11.7 Å². The molecule has 3 rings (SSSR count). The van der Waals surface area contributed by atoms with Crippen LogP contribution in [0, 0.1) is 6.92 Å². The third kappa shape index (κ3) is 3.07. The molecule has 1 aliphatic rings. The molecule has 0 saturated carbocycles. The Labute approximate surface area is 146 Å². The number of fused-ring (bicyclic) bond motifs is 1. The van der Waals surface area contributed by atoms with Crippen molar-refractivity contribution in [3.63, 3.8) is 0 Å². The van der Waals surface area contributed by atoms with Gasteiger partial charge in [-0.05, 0) is 55.7 Å². The quantitative estimate of drug-likeness (QED) is 0.688. The number of benzene rings is 2. The summed E-state index contributed by atoms with van der Waals surface area (Å²) in [5.74, 6) is 0. The van der Waals surface area contributed by atoms with Crippen molar-refractivity contribution >= 4 is 51.9 Å². The largest absolute Gasteiger partial charge is 0.331 e. The molecular formula is C17H16Cl2N2S. The number of hydrogen-bond donors (Lipinski definition) is 1. The molecule has 1 aliphatic heterocycles. The first kappa shape index (κ1) is 15.6. The van der Waals surface area contributed by atoms with E-state index in [2.05, 4.69) is 35.3 Å². The molecule has 0 aliphatic carbocycles. The summed E-state index contributed by atoms with van der Waals surface area (Å²) in [6.07, 6.45) is 2.18. The van der Waals surface area contributed by atoms with Crippen molar-refractivity contribution in [1.29, 1.82) is 0 Å². The smallest absolute Gasteiger partial charge is 0.177 e. The van der Waals surface area contributed by atoms with Crippen LogP contribution < -0.4 is 10.2 Å². The van der Waals surface area contributed by atoms with Crippen LogP contribution in [0.3, 0.4) is 0 Å². The van der Waals surface area contributed by atoms with Crippen molar-refractivity contribution in [1.82, 2.24) is 0 Å². The molecule has 1 N–H and O–H groups in total. The number of hydrogen-bond acceptors (Lipinski definition) is 1. The first-order chi connectivity index (χ1) is 10.6. The fourth-order valence-corrected chi connectivity index (χ4v) is 3.37. The van der Waals surface area contributed by atoms with Gasteiger partial charge in [0.05, 0.1) is 15.7 Å². The Morgan fingerprint density at radius 2 is 2.05 bits per heavy atom. The lowest BCUT2D eigenvalue weighted by Crippen LogP contribution is -2.38. The maximum absolute atomic E-state index is 6.22. The summed E-state index contributed by atoms with van der Waals surface area (Å²) in [7, 11) is 0. The molecule has 0 spiro atoms. The van der Waals surface area contributed by atoms with Crippen LogP contribution in [0.5, 0.6) is 0 Å². The number of nitrogens with zero attached hydrogens (tertiary/aromatic N) is 1. The minimum Gasteiger partial charge on any atom is -0.331 e. The predicted molar refractivity (Wildman–Crippen MR) is 99.5 cm³/mol. The summed E-state index contributed by atoms with van der Waals surface area (Å²) in [5.41, 5.74) is 4.52. The normalized spacial score (nSPS) is 13.7. The average molecular weight is 351 g/mol. The third-order valence-corrected chi connectivity index (χ3v) is 4.93. The van der Waals surface area contributed by atoms with Crippen LogP contribution in [0.4, 0.5) is 11.4 Å².